The highest BCUT2D eigenvalue weighted by molar-refractivity contribution is 6.31. The number of anilines is 1. The third-order valence-corrected chi connectivity index (χ3v) is 4.27. The monoisotopic (exact) mass is 331 g/mol. The number of benzene rings is 2. The summed E-state index contributed by atoms with van der Waals surface area (Å²) in [6.45, 7) is 7.92. The summed E-state index contributed by atoms with van der Waals surface area (Å²) in [4.78, 5) is 12.4. The standard InChI is InChI=1S/C19H22ClNO2/c1-5-18(23-16-9-7-12(2)14(4)10-16)19(22)21-15-8-6-13(3)17(20)11-15/h6-11,18H,5H2,1-4H3,(H,21,22). The Kier molecular flexibility index (Phi) is 5.67. The molecule has 122 valence electrons. The average molecular weight is 332 g/mol. The normalized spacial score (nSPS) is 11.9. The van der Waals surface area contributed by atoms with E-state index in [1.54, 1.807) is 6.07 Å². The van der Waals surface area contributed by atoms with Gasteiger partial charge in [0.25, 0.3) is 5.91 Å². The van der Waals surface area contributed by atoms with E-state index in [2.05, 4.69) is 5.32 Å². The number of aryl methyl sites for hydroxylation is 3. The Morgan fingerprint density at radius 3 is 2.39 bits per heavy atom. The van der Waals surface area contributed by atoms with Crippen molar-refractivity contribution in [1.29, 1.82) is 0 Å². The number of carbonyl (C=O) groups is 1. The molecule has 0 aliphatic carbocycles. The molecular formula is C19H22ClNO2. The molecule has 0 saturated heterocycles. The number of rotatable bonds is 5. The molecule has 0 aliphatic heterocycles. The summed E-state index contributed by atoms with van der Waals surface area (Å²) in [5.74, 6) is 0.530. The lowest BCUT2D eigenvalue weighted by molar-refractivity contribution is -0.122. The Labute approximate surface area is 142 Å². The van der Waals surface area contributed by atoms with Crippen LogP contribution in [-0.4, -0.2) is 12.0 Å². The van der Waals surface area contributed by atoms with Gasteiger partial charge in [-0.05, 0) is 68.1 Å². The molecule has 2 rings (SSSR count). The fourth-order valence-electron chi connectivity index (χ4n) is 2.17. The number of amides is 1. The molecule has 1 amide bonds. The molecular weight excluding hydrogens is 310 g/mol. The summed E-state index contributed by atoms with van der Waals surface area (Å²) in [5, 5.41) is 3.49. The molecule has 0 saturated carbocycles. The number of ether oxygens (including phenoxy) is 1. The number of carbonyl (C=O) groups excluding carboxylic acids is 1. The molecule has 4 heteroatoms. The van der Waals surface area contributed by atoms with E-state index in [9.17, 15) is 4.79 Å². The topological polar surface area (TPSA) is 38.3 Å². The Morgan fingerprint density at radius 2 is 1.78 bits per heavy atom. The van der Waals surface area contributed by atoms with E-state index >= 15 is 0 Å². The molecule has 0 heterocycles. The zero-order valence-electron chi connectivity index (χ0n) is 13.9. The summed E-state index contributed by atoms with van der Waals surface area (Å²) in [6, 6.07) is 11.3. The molecule has 23 heavy (non-hydrogen) atoms. The van der Waals surface area contributed by atoms with E-state index in [1.807, 2.05) is 58.0 Å². The van der Waals surface area contributed by atoms with Crippen molar-refractivity contribution in [2.24, 2.45) is 0 Å². The van der Waals surface area contributed by atoms with Gasteiger partial charge in [-0.1, -0.05) is 30.7 Å². The van der Waals surface area contributed by atoms with E-state index in [0.29, 0.717) is 22.9 Å². The number of hydrogen-bond acceptors (Lipinski definition) is 2. The van der Waals surface area contributed by atoms with Crippen molar-refractivity contribution in [2.45, 2.75) is 40.2 Å². The molecule has 2 aromatic carbocycles. The third kappa shape index (κ3) is 4.49. The summed E-state index contributed by atoms with van der Waals surface area (Å²) in [6.07, 6.45) is 0.0374. The molecule has 2 aromatic rings. The van der Waals surface area contributed by atoms with Crippen molar-refractivity contribution in [3.05, 3.63) is 58.1 Å². The molecule has 1 unspecified atom stereocenters. The summed E-state index contributed by atoms with van der Waals surface area (Å²) >= 11 is 6.09. The molecule has 0 fully saturated rings. The predicted octanol–water partition coefficient (Wildman–Crippen LogP) is 5.06. The Balaban J connectivity index is 2.08. The smallest absolute Gasteiger partial charge is 0.265 e. The van der Waals surface area contributed by atoms with Crippen molar-refractivity contribution in [2.75, 3.05) is 5.32 Å². The van der Waals surface area contributed by atoms with Gasteiger partial charge in [0.2, 0.25) is 0 Å². The number of hydrogen-bond donors (Lipinski definition) is 1. The van der Waals surface area contributed by atoms with Gasteiger partial charge >= 0.3 is 0 Å². The van der Waals surface area contributed by atoms with Crippen LogP contribution in [-0.2, 0) is 4.79 Å². The highest BCUT2D eigenvalue weighted by Crippen LogP contribution is 2.22. The van der Waals surface area contributed by atoms with Crippen LogP contribution >= 0.6 is 11.6 Å². The fraction of sp³-hybridized carbons (Fsp3) is 0.316. The first-order valence-corrected chi connectivity index (χ1v) is 8.09. The second kappa shape index (κ2) is 7.51. The zero-order chi connectivity index (χ0) is 17.0. The van der Waals surface area contributed by atoms with E-state index in [0.717, 1.165) is 11.1 Å². The minimum Gasteiger partial charge on any atom is -0.481 e. The van der Waals surface area contributed by atoms with Gasteiger partial charge in [-0.3, -0.25) is 4.79 Å². The van der Waals surface area contributed by atoms with Crippen LogP contribution in [0.2, 0.25) is 5.02 Å². The lowest BCUT2D eigenvalue weighted by atomic mass is 10.1. The largest absolute Gasteiger partial charge is 0.481 e. The molecule has 3 nitrogen and oxygen atoms in total. The van der Waals surface area contributed by atoms with Gasteiger partial charge in [-0.15, -0.1) is 0 Å². The maximum atomic E-state index is 12.4. The Morgan fingerprint density at radius 1 is 1.09 bits per heavy atom. The third-order valence-electron chi connectivity index (χ3n) is 3.86. The van der Waals surface area contributed by atoms with Crippen LogP contribution in [0.15, 0.2) is 36.4 Å². The summed E-state index contributed by atoms with van der Waals surface area (Å²) < 4.78 is 5.84. The minimum atomic E-state index is -0.544. The molecule has 1 N–H and O–H groups in total. The van der Waals surface area contributed by atoms with Gasteiger partial charge in [-0.2, -0.15) is 0 Å². The maximum Gasteiger partial charge on any atom is 0.265 e. The highest BCUT2D eigenvalue weighted by Gasteiger charge is 2.19. The number of halogens is 1. The van der Waals surface area contributed by atoms with Crippen LogP contribution in [0.5, 0.6) is 5.75 Å². The Bertz CT molecular complexity index is 713. The maximum absolute atomic E-state index is 12.4. The molecule has 0 aliphatic rings. The lowest BCUT2D eigenvalue weighted by Gasteiger charge is -2.18. The minimum absolute atomic E-state index is 0.175. The first-order chi connectivity index (χ1) is 10.9. The first kappa shape index (κ1) is 17.4. The molecule has 0 bridgehead atoms. The molecule has 0 aromatic heterocycles. The van der Waals surface area contributed by atoms with Gasteiger partial charge < -0.3 is 10.1 Å². The number of nitrogens with one attached hydrogen (secondary N) is 1. The van der Waals surface area contributed by atoms with Crippen LogP contribution in [0.1, 0.15) is 30.0 Å². The second-order valence-corrected chi connectivity index (χ2v) is 6.12. The van der Waals surface area contributed by atoms with E-state index < -0.39 is 6.10 Å². The van der Waals surface area contributed by atoms with Crippen molar-refractivity contribution < 1.29 is 9.53 Å². The van der Waals surface area contributed by atoms with E-state index in [-0.39, 0.29) is 5.91 Å². The highest BCUT2D eigenvalue weighted by atomic mass is 35.5. The van der Waals surface area contributed by atoms with E-state index in [1.165, 1.54) is 5.56 Å². The van der Waals surface area contributed by atoms with Crippen LogP contribution in [0.3, 0.4) is 0 Å². The summed E-state index contributed by atoms with van der Waals surface area (Å²) in [7, 11) is 0. The van der Waals surface area contributed by atoms with Gasteiger partial charge in [0, 0.05) is 10.7 Å². The molecule has 0 spiro atoms. The van der Waals surface area contributed by atoms with Crippen LogP contribution in [0, 0.1) is 20.8 Å². The quantitative estimate of drug-likeness (QED) is 0.831. The average Bonchev–Trinajstić information content (AvgIpc) is 2.52. The predicted molar refractivity (Wildman–Crippen MR) is 95.4 cm³/mol. The van der Waals surface area contributed by atoms with Crippen molar-refractivity contribution >= 4 is 23.2 Å². The van der Waals surface area contributed by atoms with Crippen LogP contribution in [0.25, 0.3) is 0 Å². The zero-order valence-corrected chi connectivity index (χ0v) is 14.7. The van der Waals surface area contributed by atoms with Gasteiger partial charge in [0.15, 0.2) is 6.10 Å². The van der Waals surface area contributed by atoms with Gasteiger partial charge in [0.1, 0.15) is 5.75 Å². The second-order valence-electron chi connectivity index (χ2n) is 5.71. The van der Waals surface area contributed by atoms with Gasteiger partial charge in [-0.25, -0.2) is 0 Å². The van der Waals surface area contributed by atoms with Crippen molar-refractivity contribution in [3.8, 4) is 5.75 Å². The Hall–Kier alpha value is -2.00. The molecule has 1 atom stereocenters. The fourth-order valence-corrected chi connectivity index (χ4v) is 2.35. The van der Waals surface area contributed by atoms with Crippen molar-refractivity contribution in [1.82, 2.24) is 0 Å². The van der Waals surface area contributed by atoms with Crippen LogP contribution in [0.4, 0.5) is 5.69 Å². The first-order valence-electron chi connectivity index (χ1n) is 7.71. The van der Waals surface area contributed by atoms with Crippen molar-refractivity contribution in [3.63, 3.8) is 0 Å². The summed E-state index contributed by atoms with van der Waals surface area (Å²) in [5.41, 5.74) is 3.99. The van der Waals surface area contributed by atoms with Crippen LogP contribution < -0.4 is 10.1 Å². The molecule has 0 radical (unpaired) electrons. The van der Waals surface area contributed by atoms with Gasteiger partial charge in [0.05, 0.1) is 0 Å². The van der Waals surface area contributed by atoms with E-state index in [4.69, 9.17) is 16.3 Å². The SMILES string of the molecule is CCC(Oc1ccc(C)c(C)c1)C(=O)Nc1ccc(C)c(Cl)c1. The lowest BCUT2D eigenvalue weighted by Crippen LogP contribution is -2.32.